The van der Waals surface area contributed by atoms with Crippen LogP contribution in [0.15, 0.2) is 24.3 Å². The van der Waals surface area contributed by atoms with Crippen LogP contribution in [0.25, 0.3) is 0 Å². The zero-order valence-electron chi connectivity index (χ0n) is 11.5. The van der Waals surface area contributed by atoms with Gasteiger partial charge >= 0.3 is 0 Å². The summed E-state index contributed by atoms with van der Waals surface area (Å²) in [5.74, 6) is 8.14. The smallest absolute Gasteiger partial charge is 0.236 e. The monoisotopic (exact) mass is 270 g/mol. The van der Waals surface area contributed by atoms with Crippen molar-refractivity contribution in [2.45, 2.75) is 0 Å². The molecule has 4 heteroatoms. The molecule has 0 fully saturated rings. The number of rotatable bonds is 4. The maximum atomic E-state index is 11.9. The van der Waals surface area contributed by atoms with E-state index in [9.17, 15) is 4.79 Å². The fraction of sp³-hybridized carbons (Fsp3) is 0.188. The molecule has 0 bridgehead atoms. The first-order valence-electron chi connectivity index (χ1n) is 5.65. The molecule has 0 aliphatic rings. The molecule has 0 unspecified atom stereocenters. The lowest BCUT2D eigenvalue weighted by Gasteiger charge is -2.12. The summed E-state index contributed by atoms with van der Waals surface area (Å²) in [6.07, 6.45) is 7.87. The van der Waals surface area contributed by atoms with Crippen molar-refractivity contribution in [3.8, 4) is 41.4 Å². The average molecular weight is 270 g/mol. The molecule has 0 radical (unpaired) electrons. The van der Waals surface area contributed by atoms with Crippen molar-refractivity contribution in [2.75, 3.05) is 21.3 Å². The van der Waals surface area contributed by atoms with Crippen LogP contribution in [0.1, 0.15) is 10.4 Å². The quantitative estimate of drug-likeness (QED) is 0.477. The van der Waals surface area contributed by atoms with Gasteiger partial charge in [-0.25, -0.2) is 0 Å². The molecule has 0 saturated heterocycles. The standard InChI is InChI=1S/C16H14O4/c1-5-6-7-8-9-13(17)12-10-14(18-2)16(20-4)15(11-12)19-3/h1,6-7,10-11H,2-4H3/b7-6-. The van der Waals surface area contributed by atoms with Gasteiger partial charge in [0.25, 0.3) is 0 Å². The van der Waals surface area contributed by atoms with E-state index >= 15 is 0 Å². The first-order valence-corrected chi connectivity index (χ1v) is 5.65. The van der Waals surface area contributed by atoms with Gasteiger partial charge in [0.15, 0.2) is 11.5 Å². The third kappa shape index (κ3) is 3.57. The summed E-state index contributed by atoms with van der Waals surface area (Å²) in [5.41, 5.74) is 0.348. The second kappa shape index (κ2) is 7.56. The highest BCUT2D eigenvalue weighted by atomic mass is 16.5. The van der Waals surface area contributed by atoms with Gasteiger partial charge in [0.05, 0.1) is 21.3 Å². The van der Waals surface area contributed by atoms with Crippen LogP contribution >= 0.6 is 0 Å². The number of carbonyl (C=O) groups is 1. The van der Waals surface area contributed by atoms with Gasteiger partial charge in [0.2, 0.25) is 11.5 Å². The van der Waals surface area contributed by atoms with E-state index in [1.54, 1.807) is 12.1 Å². The van der Waals surface area contributed by atoms with Crippen LogP contribution in [0.3, 0.4) is 0 Å². The second-order valence-corrected chi connectivity index (χ2v) is 3.51. The Morgan fingerprint density at radius 1 is 1.10 bits per heavy atom. The van der Waals surface area contributed by atoms with Crippen molar-refractivity contribution < 1.29 is 19.0 Å². The van der Waals surface area contributed by atoms with Gasteiger partial charge in [0.1, 0.15) is 0 Å². The van der Waals surface area contributed by atoms with E-state index in [2.05, 4.69) is 17.8 Å². The van der Waals surface area contributed by atoms with Crippen LogP contribution in [0, 0.1) is 24.2 Å². The fourth-order valence-corrected chi connectivity index (χ4v) is 1.48. The zero-order valence-corrected chi connectivity index (χ0v) is 11.5. The molecule has 0 atom stereocenters. The first-order chi connectivity index (χ1) is 9.67. The van der Waals surface area contributed by atoms with Crippen molar-refractivity contribution >= 4 is 5.78 Å². The van der Waals surface area contributed by atoms with Crippen molar-refractivity contribution in [1.82, 2.24) is 0 Å². The molecule has 1 aromatic carbocycles. The molecular weight excluding hydrogens is 256 g/mol. The lowest BCUT2D eigenvalue weighted by atomic mass is 10.1. The Morgan fingerprint density at radius 2 is 1.70 bits per heavy atom. The van der Waals surface area contributed by atoms with Crippen molar-refractivity contribution in [1.29, 1.82) is 0 Å². The Bertz CT molecular complexity index is 599. The van der Waals surface area contributed by atoms with Gasteiger partial charge in [-0.05, 0) is 30.2 Å². The van der Waals surface area contributed by atoms with Crippen LogP contribution < -0.4 is 14.2 Å². The first kappa shape index (κ1) is 15.2. The van der Waals surface area contributed by atoms with Gasteiger partial charge in [0, 0.05) is 5.56 Å². The minimum absolute atomic E-state index is 0.348. The lowest BCUT2D eigenvalue weighted by Crippen LogP contribution is -2.00. The van der Waals surface area contributed by atoms with Crippen LogP contribution in [0.2, 0.25) is 0 Å². The molecule has 20 heavy (non-hydrogen) atoms. The summed E-state index contributed by atoms with van der Waals surface area (Å²) in [7, 11) is 4.45. The average Bonchev–Trinajstić information content (AvgIpc) is 2.49. The van der Waals surface area contributed by atoms with E-state index in [0.717, 1.165) is 0 Å². The number of Topliss-reactive ketones (excluding diaryl/α,β-unsaturated/α-hetero) is 1. The molecule has 0 spiro atoms. The number of carbonyl (C=O) groups excluding carboxylic acids is 1. The van der Waals surface area contributed by atoms with Gasteiger partial charge in [-0.2, -0.15) is 0 Å². The van der Waals surface area contributed by atoms with E-state index in [1.165, 1.54) is 33.5 Å². The minimum atomic E-state index is -0.370. The van der Waals surface area contributed by atoms with E-state index in [-0.39, 0.29) is 5.78 Å². The summed E-state index contributed by atoms with van der Waals surface area (Å²) in [6, 6.07) is 3.09. The number of benzene rings is 1. The van der Waals surface area contributed by atoms with E-state index in [0.29, 0.717) is 22.8 Å². The molecule has 0 amide bonds. The van der Waals surface area contributed by atoms with Crippen LogP contribution in [0.4, 0.5) is 0 Å². The summed E-state index contributed by atoms with van der Waals surface area (Å²) < 4.78 is 15.5. The highest BCUT2D eigenvalue weighted by Gasteiger charge is 2.15. The van der Waals surface area contributed by atoms with E-state index in [4.69, 9.17) is 20.6 Å². The summed E-state index contributed by atoms with van der Waals surface area (Å²) in [6.45, 7) is 0. The SMILES string of the molecule is C#C/C=C\C#CC(=O)c1cc(OC)c(OC)c(OC)c1. The summed E-state index contributed by atoms with van der Waals surface area (Å²) in [5, 5.41) is 0. The highest BCUT2D eigenvalue weighted by Crippen LogP contribution is 2.38. The molecule has 0 N–H and O–H groups in total. The molecule has 1 rings (SSSR count). The van der Waals surface area contributed by atoms with Crippen molar-refractivity contribution in [2.24, 2.45) is 0 Å². The van der Waals surface area contributed by atoms with Crippen LogP contribution in [0.5, 0.6) is 17.2 Å². The molecule has 0 aromatic heterocycles. The molecule has 0 heterocycles. The molecule has 4 nitrogen and oxygen atoms in total. The zero-order chi connectivity index (χ0) is 15.0. The van der Waals surface area contributed by atoms with E-state index in [1.807, 2.05) is 0 Å². The third-order valence-electron chi connectivity index (χ3n) is 2.38. The summed E-state index contributed by atoms with van der Waals surface area (Å²) in [4.78, 5) is 11.9. The highest BCUT2D eigenvalue weighted by molar-refractivity contribution is 6.09. The predicted molar refractivity (Wildman–Crippen MR) is 76.2 cm³/mol. The third-order valence-corrected chi connectivity index (χ3v) is 2.38. The van der Waals surface area contributed by atoms with Gasteiger partial charge < -0.3 is 14.2 Å². The Balaban J connectivity index is 3.19. The second-order valence-electron chi connectivity index (χ2n) is 3.51. The number of hydrogen-bond acceptors (Lipinski definition) is 4. The number of ether oxygens (including phenoxy) is 3. The Labute approximate surface area is 118 Å². The molecule has 0 aliphatic heterocycles. The number of ketones is 1. The van der Waals surface area contributed by atoms with Crippen LogP contribution in [-0.2, 0) is 0 Å². The number of terminal acetylenes is 1. The lowest BCUT2D eigenvalue weighted by molar-refractivity contribution is 0.105. The molecule has 1 aromatic rings. The summed E-state index contributed by atoms with van der Waals surface area (Å²) >= 11 is 0. The Kier molecular flexibility index (Phi) is 5.75. The predicted octanol–water partition coefficient (Wildman–Crippen LogP) is 2.09. The van der Waals surface area contributed by atoms with Gasteiger partial charge in [-0.1, -0.05) is 11.8 Å². The molecule has 0 saturated carbocycles. The molecule has 0 aliphatic carbocycles. The van der Waals surface area contributed by atoms with Crippen molar-refractivity contribution in [3.63, 3.8) is 0 Å². The number of methoxy groups -OCH3 is 3. The number of allylic oxidation sites excluding steroid dienone is 2. The topological polar surface area (TPSA) is 44.8 Å². The maximum Gasteiger partial charge on any atom is 0.236 e. The Morgan fingerprint density at radius 3 is 2.15 bits per heavy atom. The molecule has 102 valence electrons. The van der Waals surface area contributed by atoms with Gasteiger partial charge in [-0.15, -0.1) is 6.42 Å². The largest absolute Gasteiger partial charge is 0.493 e. The van der Waals surface area contributed by atoms with Crippen molar-refractivity contribution in [3.05, 3.63) is 29.8 Å². The Hall–Kier alpha value is -2.85. The van der Waals surface area contributed by atoms with Crippen LogP contribution in [-0.4, -0.2) is 27.1 Å². The normalized spacial score (nSPS) is 9.30. The number of hydrogen-bond donors (Lipinski definition) is 0. The van der Waals surface area contributed by atoms with Gasteiger partial charge in [-0.3, -0.25) is 4.79 Å². The maximum absolute atomic E-state index is 11.9. The molecular formula is C16H14O4. The minimum Gasteiger partial charge on any atom is -0.493 e. The van der Waals surface area contributed by atoms with E-state index < -0.39 is 0 Å². The fourth-order valence-electron chi connectivity index (χ4n) is 1.48.